The van der Waals surface area contributed by atoms with E-state index in [0.29, 0.717) is 15.7 Å². The highest BCUT2D eigenvalue weighted by atomic mass is 32.2. The second-order valence-corrected chi connectivity index (χ2v) is 11.4. The maximum absolute atomic E-state index is 12.6. The van der Waals surface area contributed by atoms with Crippen LogP contribution in [0.2, 0.25) is 0 Å². The predicted molar refractivity (Wildman–Crippen MR) is 126 cm³/mol. The third-order valence-electron chi connectivity index (χ3n) is 4.08. The van der Waals surface area contributed by atoms with Crippen LogP contribution in [0.25, 0.3) is 0 Å². The minimum atomic E-state index is -4.01. The van der Waals surface area contributed by atoms with Gasteiger partial charge in [-0.2, -0.15) is 8.42 Å². The lowest BCUT2D eigenvalue weighted by Gasteiger charge is -2.03. The number of hydrogen-bond donors (Lipinski definition) is 2. The van der Waals surface area contributed by atoms with Crippen molar-refractivity contribution in [2.24, 2.45) is 0 Å². The van der Waals surface area contributed by atoms with Gasteiger partial charge in [0.2, 0.25) is 10.3 Å². The second kappa shape index (κ2) is 9.73. The number of benzene rings is 2. The van der Waals surface area contributed by atoms with Crippen LogP contribution in [0.5, 0.6) is 0 Å². The van der Waals surface area contributed by atoms with E-state index in [1.165, 1.54) is 11.8 Å². The van der Waals surface area contributed by atoms with Gasteiger partial charge in [-0.15, -0.1) is 20.4 Å². The highest BCUT2D eigenvalue weighted by Gasteiger charge is 2.23. The maximum atomic E-state index is 12.6. The van der Waals surface area contributed by atoms with Gasteiger partial charge < -0.3 is 0 Å². The molecule has 32 heavy (non-hydrogen) atoms. The molecular weight excluding hydrogens is 489 g/mol. The molecule has 1 amide bonds. The number of thioether (sulfide) groups is 1. The normalized spacial score (nSPS) is 11.3. The first kappa shape index (κ1) is 22.3. The molecule has 0 unspecified atom stereocenters. The first-order valence-electron chi connectivity index (χ1n) is 9.14. The summed E-state index contributed by atoms with van der Waals surface area (Å²) in [5, 5.41) is 18.1. The molecule has 4 rings (SSSR count). The van der Waals surface area contributed by atoms with Crippen LogP contribution in [-0.4, -0.2) is 34.7 Å². The Kier molecular flexibility index (Phi) is 6.79. The molecule has 0 saturated carbocycles. The number of sulfonamides is 1. The molecule has 2 aromatic heterocycles. The molecule has 0 aliphatic carbocycles. The molecule has 0 aliphatic heterocycles. The van der Waals surface area contributed by atoms with E-state index in [0.717, 1.165) is 33.8 Å². The smallest absolute Gasteiger partial charge is 0.293 e. The number of aryl methyl sites for hydroxylation is 1. The van der Waals surface area contributed by atoms with E-state index in [1.807, 2.05) is 49.4 Å². The first-order valence-corrected chi connectivity index (χ1v) is 13.2. The molecule has 0 bridgehead atoms. The zero-order valence-electron chi connectivity index (χ0n) is 16.5. The van der Waals surface area contributed by atoms with Crippen LogP contribution in [0.1, 0.15) is 21.5 Å². The molecule has 0 fully saturated rings. The molecule has 164 valence electrons. The molecule has 2 N–H and O–H groups in total. The molecule has 4 aromatic rings. The van der Waals surface area contributed by atoms with Crippen molar-refractivity contribution >= 4 is 60.6 Å². The summed E-state index contributed by atoms with van der Waals surface area (Å²) < 4.78 is 28.0. The van der Waals surface area contributed by atoms with Crippen LogP contribution in [0.15, 0.2) is 63.3 Å². The molecule has 2 aromatic carbocycles. The lowest BCUT2D eigenvalue weighted by molar-refractivity contribution is 0.102. The second-order valence-electron chi connectivity index (χ2n) is 6.40. The van der Waals surface area contributed by atoms with Gasteiger partial charge in [-0.25, -0.2) is 0 Å². The number of anilines is 2. The van der Waals surface area contributed by atoms with Crippen LogP contribution < -0.4 is 10.0 Å². The summed E-state index contributed by atoms with van der Waals surface area (Å²) in [5.74, 6) is 0.308. The van der Waals surface area contributed by atoms with Gasteiger partial charge in [-0.05, 0) is 24.1 Å². The Bertz CT molecular complexity index is 1340. The van der Waals surface area contributed by atoms with Crippen molar-refractivity contribution in [1.82, 2.24) is 20.4 Å². The molecule has 13 heteroatoms. The van der Waals surface area contributed by atoms with E-state index in [9.17, 15) is 13.2 Å². The number of carbonyl (C=O) groups excluding carboxylic acids is 1. The molecular formula is C19H16N6O3S4. The van der Waals surface area contributed by atoms with E-state index in [2.05, 4.69) is 30.4 Å². The van der Waals surface area contributed by atoms with Gasteiger partial charge in [0, 0.05) is 11.3 Å². The predicted octanol–water partition coefficient (Wildman–Crippen LogP) is 4.04. The van der Waals surface area contributed by atoms with Crippen molar-refractivity contribution in [3.63, 3.8) is 0 Å². The quantitative estimate of drug-likeness (QED) is 0.272. The van der Waals surface area contributed by atoms with Crippen molar-refractivity contribution in [2.75, 3.05) is 10.0 Å². The molecule has 2 heterocycles. The number of rotatable bonds is 8. The van der Waals surface area contributed by atoms with Gasteiger partial charge in [0.05, 0.1) is 0 Å². The van der Waals surface area contributed by atoms with Gasteiger partial charge in [-0.1, -0.05) is 83.0 Å². The highest BCUT2D eigenvalue weighted by molar-refractivity contribution is 8.00. The number of hydrogen-bond acceptors (Lipinski definition) is 10. The Hall–Kier alpha value is -2.87. The van der Waals surface area contributed by atoms with Crippen LogP contribution in [0.3, 0.4) is 0 Å². The average molecular weight is 505 g/mol. The third-order valence-corrected chi connectivity index (χ3v) is 8.80. The summed E-state index contributed by atoms with van der Waals surface area (Å²) >= 11 is 3.34. The van der Waals surface area contributed by atoms with Gasteiger partial charge in [0.15, 0.2) is 4.34 Å². The van der Waals surface area contributed by atoms with Crippen LogP contribution in [0.4, 0.5) is 10.3 Å². The number of nitrogens with one attached hydrogen (secondary N) is 2. The van der Waals surface area contributed by atoms with Crippen molar-refractivity contribution in [3.05, 3.63) is 71.3 Å². The summed E-state index contributed by atoms with van der Waals surface area (Å²) in [6.45, 7) is 1.81. The lowest BCUT2D eigenvalue weighted by Crippen LogP contribution is -2.13. The molecule has 0 radical (unpaired) electrons. The minimum absolute atomic E-state index is 0.0787. The topological polar surface area (TPSA) is 127 Å². The number of nitrogens with zero attached hydrogens (tertiary/aromatic N) is 4. The largest absolute Gasteiger partial charge is 0.296 e. The van der Waals surface area contributed by atoms with Gasteiger partial charge >= 0.3 is 0 Å². The number of aromatic nitrogens is 4. The Labute approximate surface area is 196 Å². The fraction of sp³-hybridized carbons (Fsp3) is 0.105. The minimum Gasteiger partial charge on any atom is -0.296 e. The molecule has 0 atom stereocenters. The van der Waals surface area contributed by atoms with E-state index >= 15 is 0 Å². The van der Waals surface area contributed by atoms with E-state index < -0.39 is 10.0 Å². The monoisotopic (exact) mass is 504 g/mol. The molecule has 0 spiro atoms. The van der Waals surface area contributed by atoms with Crippen molar-refractivity contribution in [3.8, 4) is 0 Å². The van der Waals surface area contributed by atoms with Crippen LogP contribution in [-0.2, 0) is 15.8 Å². The molecule has 0 saturated heterocycles. The maximum Gasteiger partial charge on any atom is 0.293 e. The van der Waals surface area contributed by atoms with E-state index in [1.54, 1.807) is 12.1 Å². The van der Waals surface area contributed by atoms with Gasteiger partial charge in [0.1, 0.15) is 0 Å². The fourth-order valence-corrected chi connectivity index (χ4v) is 6.38. The Morgan fingerprint density at radius 1 is 0.938 bits per heavy atom. The summed E-state index contributed by atoms with van der Waals surface area (Å²) in [5.41, 5.74) is 2.39. The summed E-state index contributed by atoms with van der Waals surface area (Å²) in [6, 6.07) is 16.9. The fourth-order valence-electron chi connectivity index (χ4n) is 2.55. The zero-order chi connectivity index (χ0) is 22.6. The SMILES string of the molecule is Cc1ccccc1C(=O)Nc1nnc(S(=O)(=O)Nc2nnc(SCc3ccccc3)s2)s1. The number of carbonyl (C=O) groups is 1. The van der Waals surface area contributed by atoms with Crippen LogP contribution in [0, 0.1) is 6.92 Å². The Morgan fingerprint density at radius 3 is 2.44 bits per heavy atom. The van der Waals surface area contributed by atoms with E-state index in [4.69, 9.17) is 0 Å². The van der Waals surface area contributed by atoms with E-state index in [-0.39, 0.29) is 20.5 Å². The van der Waals surface area contributed by atoms with Crippen LogP contribution >= 0.6 is 34.4 Å². The standard InChI is InChI=1S/C19H16N6O3S4/c1-12-7-5-6-10-14(12)15(26)20-16-21-24-19(31-16)32(27,28)25-17-22-23-18(30-17)29-11-13-8-3-2-4-9-13/h2-10H,11H2,1H3,(H,22,25)(H,20,21,26). The van der Waals surface area contributed by atoms with Crippen molar-refractivity contribution in [1.29, 1.82) is 0 Å². The average Bonchev–Trinajstić information content (AvgIpc) is 3.43. The summed E-state index contributed by atoms with van der Waals surface area (Å²) in [7, 11) is -4.01. The number of amides is 1. The van der Waals surface area contributed by atoms with Gasteiger partial charge in [0.25, 0.3) is 20.3 Å². The highest BCUT2D eigenvalue weighted by Crippen LogP contribution is 2.30. The van der Waals surface area contributed by atoms with Gasteiger partial charge in [-0.3, -0.25) is 14.8 Å². The zero-order valence-corrected chi connectivity index (χ0v) is 19.8. The van der Waals surface area contributed by atoms with Crippen molar-refractivity contribution < 1.29 is 13.2 Å². The molecule has 0 aliphatic rings. The third kappa shape index (κ3) is 5.48. The first-order chi connectivity index (χ1) is 15.4. The van der Waals surface area contributed by atoms with Crippen molar-refractivity contribution in [2.45, 2.75) is 21.4 Å². The summed E-state index contributed by atoms with van der Waals surface area (Å²) in [6.07, 6.45) is 0. The Morgan fingerprint density at radius 2 is 1.66 bits per heavy atom. The lowest BCUT2D eigenvalue weighted by atomic mass is 10.1. The molecule has 9 nitrogen and oxygen atoms in total. The summed E-state index contributed by atoms with van der Waals surface area (Å²) in [4.78, 5) is 12.4. The Balaban J connectivity index is 1.39.